The molecule has 0 saturated carbocycles. The van der Waals surface area contributed by atoms with Crippen LogP contribution in [0.3, 0.4) is 0 Å². The molecule has 1 unspecified atom stereocenters. The van der Waals surface area contributed by atoms with Crippen LogP contribution in [0.2, 0.25) is 0 Å². The molecule has 1 aromatic heterocycles. The Morgan fingerprint density at radius 1 is 1.38 bits per heavy atom. The molecule has 1 atom stereocenters. The predicted octanol–water partition coefficient (Wildman–Crippen LogP) is 2.36. The number of rotatable bonds is 7. The minimum atomic E-state index is -0.888. The fourth-order valence-electron chi connectivity index (χ4n) is 2.06. The first-order valence-electron chi connectivity index (χ1n) is 7.07. The van der Waals surface area contributed by atoms with Crippen molar-refractivity contribution in [2.75, 3.05) is 6.54 Å². The summed E-state index contributed by atoms with van der Waals surface area (Å²) in [5.74, 6) is -1.76. The van der Waals surface area contributed by atoms with Gasteiger partial charge < -0.3 is 10.4 Å². The van der Waals surface area contributed by atoms with E-state index in [0.717, 1.165) is 18.0 Å². The second-order valence-electron chi connectivity index (χ2n) is 6.31. The number of hydrogen-bond donors (Lipinski definition) is 2. The van der Waals surface area contributed by atoms with E-state index in [1.807, 2.05) is 27.7 Å². The second kappa shape index (κ2) is 7.49. The predicted molar refractivity (Wildman–Crippen MR) is 81.4 cm³/mol. The van der Waals surface area contributed by atoms with Crippen LogP contribution in [0.15, 0.2) is 0 Å². The Morgan fingerprint density at radius 3 is 2.57 bits per heavy atom. The lowest BCUT2D eigenvalue weighted by Gasteiger charge is -2.23. The van der Waals surface area contributed by atoms with Crippen molar-refractivity contribution in [2.45, 2.75) is 47.0 Å². The molecule has 0 fully saturated rings. The van der Waals surface area contributed by atoms with Gasteiger partial charge in [-0.15, -0.1) is 5.10 Å². The van der Waals surface area contributed by atoms with E-state index >= 15 is 0 Å². The maximum Gasteiger partial charge on any atom is 0.308 e. The fourth-order valence-corrected chi connectivity index (χ4v) is 2.69. The number of carbonyl (C=O) groups is 2. The molecule has 0 aliphatic rings. The van der Waals surface area contributed by atoms with Gasteiger partial charge in [-0.25, -0.2) is 0 Å². The molecule has 6 nitrogen and oxygen atoms in total. The summed E-state index contributed by atoms with van der Waals surface area (Å²) < 4.78 is 3.80. The van der Waals surface area contributed by atoms with E-state index in [1.54, 1.807) is 0 Å². The highest BCUT2D eigenvalue weighted by atomic mass is 32.1. The number of hydrogen-bond acceptors (Lipinski definition) is 5. The number of amides is 1. The molecule has 0 aromatic carbocycles. The van der Waals surface area contributed by atoms with Crippen molar-refractivity contribution in [3.8, 4) is 0 Å². The number of carboxylic acid groups (broad SMARTS) is 1. The molecule has 2 N–H and O–H groups in total. The summed E-state index contributed by atoms with van der Waals surface area (Å²) in [5.41, 5.74) is 0.579. The Morgan fingerprint density at radius 2 is 2.05 bits per heavy atom. The minimum Gasteiger partial charge on any atom is -0.481 e. The van der Waals surface area contributed by atoms with Crippen molar-refractivity contribution in [3.05, 3.63) is 10.6 Å². The minimum absolute atomic E-state index is 0.104. The van der Waals surface area contributed by atoms with Gasteiger partial charge in [-0.05, 0) is 29.8 Å². The van der Waals surface area contributed by atoms with Crippen molar-refractivity contribution in [1.29, 1.82) is 0 Å². The average Bonchev–Trinajstić information content (AvgIpc) is 2.81. The summed E-state index contributed by atoms with van der Waals surface area (Å²) in [6.07, 6.45) is 2.09. The number of nitrogens with one attached hydrogen (secondary N) is 1. The number of aliphatic carboxylic acids is 1. The number of carbonyl (C=O) groups excluding carboxylic acids is 1. The average molecular weight is 313 g/mol. The van der Waals surface area contributed by atoms with Crippen LogP contribution < -0.4 is 5.32 Å². The summed E-state index contributed by atoms with van der Waals surface area (Å²) >= 11 is 1.05. The monoisotopic (exact) mass is 313 g/mol. The van der Waals surface area contributed by atoms with Gasteiger partial charge in [0.1, 0.15) is 4.88 Å². The van der Waals surface area contributed by atoms with Crippen LogP contribution in [-0.2, 0) is 11.2 Å². The van der Waals surface area contributed by atoms with Crippen molar-refractivity contribution >= 4 is 23.4 Å². The number of aromatic nitrogens is 2. The van der Waals surface area contributed by atoms with Crippen LogP contribution in [0, 0.1) is 11.3 Å². The van der Waals surface area contributed by atoms with E-state index in [2.05, 4.69) is 14.9 Å². The molecule has 1 heterocycles. The highest BCUT2D eigenvalue weighted by Gasteiger charge is 2.26. The van der Waals surface area contributed by atoms with E-state index < -0.39 is 11.9 Å². The van der Waals surface area contributed by atoms with Gasteiger partial charge in [0, 0.05) is 6.54 Å². The zero-order valence-electron chi connectivity index (χ0n) is 13.0. The van der Waals surface area contributed by atoms with E-state index in [-0.39, 0.29) is 17.9 Å². The van der Waals surface area contributed by atoms with Crippen LogP contribution in [0.5, 0.6) is 0 Å². The van der Waals surface area contributed by atoms with Crippen LogP contribution in [-0.4, -0.2) is 33.1 Å². The highest BCUT2D eigenvalue weighted by molar-refractivity contribution is 7.08. The van der Waals surface area contributed by atoms with Gasteiger partial charge in [0.25, 0.3) is 5.91 Å². The number of nitrogens with zero attached hydrogens (tertiary/aromatic N) is 2. The summed E-state index contributed by atoms with van der Waals surface area (Å²) in [4.78, 5) is 23.9. The van der Waals surface area contributed by atoms with E-state index in [4.69, 9.17) is 0 Å². The third kappa shape index (κ3) is 5.79. The first-order chi connectivity index (χ1) is 9.74. The molecule has 0 saturated heterocycles. The van der Waals surface area contributed by atoms with Crippen molar-refractivity contribution in [1.82, 2.24) is 14.9 Å². The summed E-state index contributed by atoms with van der Waals surface area (Å²) in [7, 11) is 0. The molecular weight excluding hydrogens is 290 g/mol. The summed E-state index contributed by atoms with van der Waals surface area (Å²) in [6, 6.07) is 0. The zero-order chi connectivity index (χ0) is 16.0. The summed E-state index contributed by atoms with van der Waals surface area (Å²) in [6.45, 7) is 8.07. The van der Waals surface area contributed by atoms with Gasteiger partial charge in [-0.1, -0.05) is 38.6 Å². The van der Waals surface area contributed by atoms with Crippen LogP contribution in [0.4, 0.5) is 0 Å². The molecule has 0 bridgehead atoms. The molecule has 0 aliphatic heterocycles. The lowest BCUT2D eigenvalue weighted by atomic mass is 9.84. The Labute approximate surface area is 129 Å². The zero-order valence-corrected chi connectivity index (χ0v) is 13.8. The molecule has 0 aliphatic carbocycles. The Balaban J connectivity index is 2.65. The van der Waals surface area contributed by atoms with Gasteiger partial charge in [-0.3, -0.25) is 9.59 Å². The lowest BCUT2D eigenvalue weighted by Crippen LogP contribution is -2.35. The first-order valence-corrected chi connectivity index (χ1v) is 7.84. The lowest BCUT2D eigenvalue weighted by molar-refractivity contribution is -0.142. The quantitative estimate of drug-likeness (QED) is 0.806. The largest absolute Gasteiger partial charge is 0.481 e. The van der Waals surface area contributed by atoms with E-state index in [0.29, 0.717) is 23.4 Å². The van der Waals surface area contributed by atoms with Crippen LogP contribution in [0.25, 0.3) is 0 Å². The Hall–Kier alpha value is -1.50. The standard InChI is InChI=1S/C14H23N3O3S/c1-5-6-10-11(21-17-16-10)12(18)15-8-9(13(19)20)7-14(2,3)4/h9H,5-8H2,1-4H3,(H,15,18)(H,19,20). The highest BCUT2D eigenvalue weighted by Crippen LogP contribution is 2.24. The van der Waals surface area contributed by atoms with Crippen molar-refractivity contribution in [2.24, 2.45) is 11.3 Å². The molecule has 0 radical (unpaired) electrons. The molecule has 7 heteroatoms. The number of carboxylic acids is 1. The third-order valence-corrected chi connectivity index (χ3v) is 3.73. The molecule has 118 valence electrons. The Bertz CT molecular complexity index is 494. The van der Waals surface area contributed by atoms with E-state index in [1.165, 1.54) is 0 Å². The smallest absolute Gasteiger partial charge is 0.308 e. The van der Waals surface area contributed by atoms with Crippen molar-refractivity contribution < 1.29 is 14.7 Å². The molecule has 1 rings (SSSR count). The fraction of sp³-hybridized carbons (Fsp3) is 0.714. The topological polar surface area (TPSA) is 92.2 Å². The summed E-state index contributed by atoms with van der Waals surface area (Å²) in [5, 5.41) is 15.9. The molecule has 1 aromatic rings. The van der Waals surface area contributed by atoms with Gasteiger partial charge in [0.05, 0.1) is 11.6 Å². The second-order valence-corrected chi connectivity index (χ2v) is 7.06. The van der Waals surface area contributed by atoms with Gasteiger partial charge >= 0.3 is 5.97 Å². The molecule has 0 spiro atoms. The molecule has 1 amide bonds. The first kappa shape index (κ1) is 17.6. The van der Waals surface area contributed by atoms with E-state index in [9.17, 15) is 14.7 Å². The SMILES string of the molecule is CCCc1nnsc1C(=O)NCC(CC(C)(C)C)C(=O)O. The molecule has 21 heavy (non-hydrogen) atoms. The van der Waals surface area contributed by atoms with Gasteiger partial charge in [0.15, 0.2) is 0 Å². The molecular formula is C14H23N3O3S. The normalized spacial score (nSPS) is 13.0. The maximum absolute atomic E-state index is 12.1. The Kier molecular flexibility index (Phi) is 6.26. The van der Waals surface area contributed by atoms with Crippen LogP contribution >= 0.6 is 11.5 Å². The third-order valence-electron chi connectivity index (χ3n) is 2.97. The van der Waals surface area contributed by atoms with Gasteiger partial charge in [-0.2, -0.15) is 0 Å². The van der Waals surface area contributed by atoms with Gasteiger partial charge in [0.2, 0.25) is 0 Å². The maximum atomic E-state index is 12.1. The number of aryl methyl sites for hydroxylation is 1. The van der Waals surface area contributed by atoms with Crippen LogP contribution in [0.1, 0.15) is 55.9 Å². The van der Waals surface area contributed by atoms with Crippen molar-refractivity contribution in [3.63, 3.8) is 0 Å².